The van der Waals surface area contributed by atoms with E-state index in [2.05, 4.69) is 15.6 Å². The van der Waals surface area contributed by atoms with Crippen LogP contribution in [0.4, 0.5) is 5.82 Å². The molecule has 0 radical (unpaired) electrons. The summed E-state index contributed by atoms with van der Waals surface area (Å²) in [5, 5.41) is 8.06. The van der Waals surface area contributed by atoms with E-state index >= 15 is 0 Å². The number of hydrogen-bond donors (Lipinski definition) is 2. The smallest absolute Gasteiger partial charge is 0.253 e. The molecule has 0 spiro atoms. The van der Waals surface area contributed by atoms with E-state index in [1.165, 1.54) is 0 Å². The zero-order chi connectivity index (χ0) is 14.4. The van der Waals surface area contributed by atoms with Gasteiger partial charge in [0.05, 0.1) is 5.56 Å². The third-order valence-corrected chi connectivity index (χ3v) is 3.59. The van der Waals surface area contributed by atoms with Gasteiger partial charge in [-0.1, -0.05) is 24.3 Å². The first-order valence-electron chi connectivity index (χ1n) is 6.66. The van der Waals surface area contributed by atoms with Gasteiger partial charge in [-0.05, 0) is 18.6 Å². The molecule has 0 aliphatic carbocycles. The molecule has 20 heavy (non-hydrogen) atoms. The summed E-state index contributed by atoms with van der Waals surface area (Å²) in [5.41, 5.74) is 0.628. The Kier molecular flexibility index (Phi) is 5.24. The molecule has 106 valence electrons. The Hall–Kier alpha value is -1.75. The number of amides is 1. The minimum absolute atomic E-state index is 0.0641. The maximum absolute atomic E-state index is 12.2. The monoisotopic (exact) mass is 289 g/mol. The number of thioether (sulfide) groups is 1. The van der Waals surface area contributed by atoms with E-state index in [4.69, 9.17) is 0 Å². The molecule has 5 heteroatoms. The van der Waals surface area contributed by atoms with Gasteiger partial charge in [-0.15, -0.1) is 0 Å². The molecule has 0 atom stereocenters. The Morgan fingerprint density at radius 3 is 2.75 bits per heavy atom. The highest BCUT2D eigenvalue weighted by Gasteiger charge is 2.12. The molecular weight excluding hydrogens is 270 g/mol. The molecule has 0 fully saturated rings. The molecule has 0 saturated carbocycles. The van der Waals surface area contributed by atoms with Crippen LogP contribution >= 0.6 is 11.8 Å². The molecule has 2 rings (SSSR count). The van der Waals surface area contributed by atoms with Crippen molar-refractivity contribution in [3.63, 3.8) is 0 Å². The number of fused-ring (bicyclic) bond motifs is 1. The van der Waals surface area contributed by atoms with E-state index in [9.17, 15) is 4.79 Å². The van der Waals surface area contributed by atoms with Crippen molar-refractivity contribution in [1.82, 2.24) is 10.3 Å². The summed E-state index contributed by atoms with van der Waals surface area (Å²) in [5.74, 6) is 1.67. The van der Waals surface area contributed by atoms with Gasteiger partial charge in [0.25, 0.3) is 5.91 Å². The second kappa shape index (κ2) is 7.14. The Balaban J connectivity index is 2.35. The van der Waals surface area contributed by atoms with Crippen molar-refractivity contribution in [2.24, 2.45) is 0 Å². The third kappa shape index (κ3) is 3.22. The lowest BCUT2D eigenvalue weighted by Gasteiger charge is -2.11. The van der Waals surface area contributed by atoms with E-state index in [1.807, 2.05) is 37.4 Å². The van der Waals surface area contributed by atoms with Crippen LogP contribution in [0.15, 0.2) is 30.5 Å². The molecule has 2 N–H and O–H groups in total. The minimum atomic E-state index is -0.0641. The number of pyridine rings is 1. The summed E-state index contributed by atoms with van der Waals surface area (Å²) in [6.45, 7) is 3.50. The Morgan fingerprint density at radius 1 is 1.30 bits per heavy atom. The zero-order valence-electron chi connectivity index (χ0n) is 11.8. The van der Waals surface area contributed by atoms with Crippen LogP contribution in [0.5, 0.6) is 0 Å². The van der Waals surface area contributed by atoms with Crippen LogP contribution in [0.3, 0.4) is 0 Å². The number of nitrogens with one attached hydrogen (secondary N) is 2. The molecule has 1 amide bonds. The van der Waals surface area contributed by atoms with Crippen LogP contribution in [-0.2, 0) is 0 Å². The number of carbonyl (C=O) groups is 1. The largest absolute Gasteiger partial charge is 0.370 e. The van der Waals surface area contributed by atoms with Gasteiger partial charge in [0.1, 0.15) is 5.82 Å². The number of nitrogens with zero attached hydrogens (tertiary/aromatic N) is 1. The molecule has 4 nitrogen and oxygen atoms in total. The molecule has 0 bridgehead atoms. The maximum atomic E-state index is 12.2. The Morgan fingerprint density at radius 2 is 2.05 bits per heavy atom. The van der Waals surface area contributed by atoms with E-state index in [0.717, 1.165) is 28.9 Å². The number of aromatic nitrogens is 1. The average molecular weight is 289 g/mol. The van der Waals surface area contributed by atoms with E-state index in [0.29, 0.717) is 12.1 Å². The molecule has 0 aliphatic heterocycles. The average Bonchev–Trinajstić information content (AvgIpc) is 2.48. The van der Waals surface area contributed by atoms with Gasteiger partial charge in [-0.2, -0.15) is 11.8 Å². The lowest BCUT2D eigenvalue weighted by Crippen LogP contribution is -2.26. The molecule has 1 aromatic carbocycles. The predicted molar refractivity (Wildman–Crippen MR) is 86.6 cm³/mol. The first-order valence-corrected chi connectivity index (χ1v) is 8.06. The SMILES string of the molecule is CCNc1ncc(C(=O)NCCSC)c2ccccc12. The van der Waals surface area contributed by atoms with Crippen LogP contribution in [0.1, 0.15) is 17.3 Å². The van der Waals surface area contributed by atoms with Gasteiger partial charge in [0, 0.05) is 30.4 Å². The molecule has 2 aromatic rings. The summed E-state index contributed by atoms with van der Waals surface area (Å²) in [7, 11) is 0. The molecule has 0 aliphatic rings. The standard InChI is InChI=1S/C15H19N3OS/c1-3-16-14-12-7-5-4-6-11(12)13(10-18-14)15(19)17-8-9-20-2/h4-7,10H,3,8-9H2,1-2H3,(H,16,18)(H,17,19). The molecule has 0 unspecified atom stereocenters. The first-order chi connectivity index (χ1) is 9.77. The van der Waals surface area contributed by atoms with Crippen molar-refractivity contribution >= 4 is 34.3 Å². The number of hydrogen-bond acceptors (Lipinski definition) is 4. The number of anilines is 1. The summed E-state index contributed by atoms with van der Waals surface area (Å²) < 4.78 is 0. The zero-order valence-corrected chi connectivity index (χ0v) is 12.6. The summed E-state index contributed by atoms with van der Waals surface area (Å²) >= 11 is 1.71. The van der Waals surface area contributed by atoms with E-state index in [1.54, 1.807) is 18.0 Å². The highest BCUT2D eigenvalue weighted by atomic mass is 32.2. The number of benzene rings is 1. The summed E-state index contributed by atoms with van der Waals surface area (Å²) in [6, 6.07) is 7.84. The normalized spacial score (nSPS) is 10.5. The van der Waals surface area contributed by atoms with Gasteiger partial charge < -0.3 is 10.6 Å². The lowest BCUT2D eigenvalue weighted by molar-refractivity contribution is 0.0957. The predicted octanol–water partition coefficient (Wildman–Crippen LogP) is 2.76. The van der Waals surface area contributed by atoms with Crippen molar-refractivity contribution in [3.05, 3.63) is 36.0 Å². The second-order valence-electron chi connectivity index (χ2n) is 4.35. The minimum Gasteiger partial charge on any atom is -0.370 e. The number of rotatable bonds is 6. The third-order valence-electron chi connectivity index (χ3n) is 2.98. The quantitative estimate of drug-likeness (QED) is 0.803. The highest BCUT2D eigenvalue weighted by Crippen LogP contribution is 2.24. The first kappa shape index (κ1) is 14.7. The van der Waals surface area contributed by atoms with Crippen LogP contribution in [0.2, 0.25) is 0 Å². The van der Waals surface area contributed by atoms with Crippen LogP contribution in [-0.4, -0.2) is 36.0 Å². The molecule has 1 heterocycles. The lowest BCUT2D eigenvalue weighted by atomic mass is 10.1. The Labute approximate surface area is 123 Å². The van der Waals surface area contributed by atoms with Crippen molar-refractivity contribution < 1.29 is 4.79 Å². The van der Waals surface area contributed by atoms with Crippen molar-refractivity contribution in [2.75, 3.05) is 30.4 Å². The van der Waals surface area contributed by atoms with E-state index in [-0.39, 0.29) is 5.91 Å². The van der Waals surface area contributed by atoms with E-state index < -0.39 is 0 Å². The van der Waals surface area contributed by atoms with Gasteiger partial charge >= 0.3 is 0 Å². The molecular formula is C15H19N3OS. The molecule has 0 saturated heterocycles. The van der Waals surface area contributed by atoms with Crippen molar-refractivity contribution in [1.29, 1.82) is 0 Å². The Bertz CT molecular complexity index is 601. The maximum Gasteiger partial charge on any atom is 0.253 e. The van der Waals surface area contributed by atoms with Crippen molar-refractivity contribution in [2.45, 2.75) is 6.92 Å². The van der Waals surface area contributed by atoms with Crippen molar-refractivity contribution in [3.8, 4) is 0 Å². The topological polar surface area (TPSA) is 54.0 Å². The van der Waals surface area contributed by atoms with Gasteiger partial charge in [0.2, 0.25) is 0 Å². The van der Waals surface area contributed by atoms with Gasteiger partial charge in [-0.25, -0.2) is 4.98 Å². The molecule has 1 aromatic heterocycles. The van der Waals surface area contributed by atoms with Crippen LogP contribution in [0, 0.1) is 0 Å². The fourth-order valence-electron chi connectivity index (χ4n) is 2.04. The van der Waals surface area contributed by atoms with Crippen LogP contribution in [0.25, 0.3) is 10.8 Å². The summed E-state index contributed by atoms with van der Waals surface area (Å²) in [6.07, 6.45) is 3.67. The van der Waals surface area contributed by atoms with Gasteiger partial charge in [0.15, 0.2) is 0 Å². The fourth-order valence-corrected chi connectivity index (χ4v) is 2.35. The summed E-state index contributed by atoms with van der Waals surface area (Å²) in [4.78, 5) is 16.6. The second-order valence-corrected chi connectivity index (χ2v) is 5.33. The number of carbonyl (C=O) groups excluding carboxylic acids is 1. The highest BCUT2D eigenvalue weighted by molar-refractivity contribution is 7.98. The fraction of sp³-hybridized carbons (Fsp3) is 0.333. The van der Waals surface area contributed by atoms with Crippen LogP contribution < -0.4 is 10.6 Å². The van der Waals surface area contributed by atoms with Gasteiger partial charge in [-0.3, -0.25) is 4.79 Å².